The van der Waals surface area contributed by atoms with Crippen LogP contribution >= 0.6 is 0 Å². The van der Waals surface area contributed by atoms with Crippen LogP contribution < -0.4 is 10.2 Å². The molecule has 13 heteroatoms. The van der Waals surface area contributed by atoms with Gasteiger partial charge in [-0.1, -0.05) is 6.07 Å². The molecule has 1 aliphatic heterocycles. The van der Waals surface area contributed by atoms with Crippen molar-refractivity contribution < 1.29 is 32.0 Å². The zero-order valence-corrected chi connectivity index (χ0v) is 21.9. The van der Waals surface area contributed by atoms with E-state index in [0.29, 0.717) is 57.9 Å². The largest absolute Gasteiger partial charge is 0.423 e. The van der Waals surface area contributed by atoms with Gasteiger partial charge in [-0.25, -0.2) is 0 Å². The fourth-order valence-electron chi connectivity index (χ4n) is 5.21. The molecule has 214 valence electrons. The van der Waals surface area contributed by atoms with Crippen molar-refractivity contribution in [3.05, 3.63) is 57.6 Å². The van der Waals surface area contributed by atoms with Crippen LogP contribution in [0.5, 0.6) is 0 Å². The van der Waals surface area contributed by atoms with Crippen molar-refractivity contribution >= 4 is 34.4 Å². The van der Waals surface area contributed by atoms with Gasteiger partial charge in [0.15, 0.2) is 5.58 Å². The van der Waals surface area contributed by atoms with Crippen LogP contribution in [0.3, 0.4) is 0 Å². The van der Waals surface area contributed by atoms with Crippen LogP contribution in [-0.2, 0) is 15.7 Å². The van der Waals surface area contributed by atoms with Gasteiger partial charge in [-0.15, -0.1) is 0 Å². The number of aryl methyl sites for hydroxylation is 1. The molecule has 2 aliphatic rings. The summed E-state index contributed by atoms with van der Waals surface area (Å²) < 4.78 is 51.5. The molecular weight excluding hydrogens is 531 g/mol. The fraction of sp³-hybridized carbons (Fsp3) is 0.481. The number of ether oxygens (including phenoxy) is 1. The van der Waals surface area contributed by atoms with Gasteiger partial charge in [-0.05, 0) is 62.4 Å². The van der Waals surface area contributed by atoms with E-state index in [-0.39, 0.29) is 30.3 Å². The molecule has 5 rings (SSSR count). The average Bonchev–Trinajstić information content (AvgIpc) is 3.35. The molecule has 1 amide bonds. The van der Waals surface area contributed by atoms with Crippen LogP contribution in [0.2, 0.25) is 0 Å². The first kappa shape index (κ1) is 27.7. The quantitative estimate of drug-likeness (QED) is 0.311. The number of benzene rings is 2. The first-order valence-corrected chi connectivity index (χ1v) is 13.2. The maximum absolute atomic E-state index is 13.3. The van der Waals surface area contributed by atoms with Crippen molar-refractivity contribution in [2.45, 2.75) is 50.9 Å². The number of carbonyl (C=O) groups is 1. The van der Waals surface area contributed by atoms with Gasteiger partial charge < -0.3 is 24.3 Å². The van der Waals surface area contributed by atoms with Crippen molar-refractivity contribution in [2.75, 3.05) is 43.0 Å². The highest BCUT2D eigenvalue weighted by molar-refractivity contribution is 5.78. The molecule has 40 heavy (non-hydrogen) atoms. The number of amides is 1. The third-order valence-corrected chi connectivity index (χ3v) is 7.42. The molecule has 1 saturated heterocycles. The maximum atomic E-state index is 13.3. The monoisotopic (exact) mass is 561 g/mol. The van der Waals surface area contributed by atoms with E-state index in [1.165, 1.54) is 6.07 Å². The van der Waals surface area contributed by atoms with Gasteiger partial charge in [0.25, 0.3) is 11.7 Å². The average molecular weight is 562 g/mol. The standard InChI is InChI=1S/C27H30F3N5O5/c1-17-2-9-24-22(14-17)32-26(40-24)34-12-10-33(11-13-34)25(36)16-39-20-6-3-18(4-7-20)31-19-5-8-23(35(37)38)21(15-19)27(28,29)30/h2,5,8-9,14-15,18,20,31H,3-4,6-7,10-13,16H2,1H3/t18-,20-. The van der Waals surface area contributed by atoms with E-state index < -0.39 is 22.4 Å². The number of rotatable bonds is 7. The lowest BCUT2D eigenvalue weighted by atomic mass is 9.92. The summed E-state index contributed by atoms with van der Waals surface area (Å²) >= 11 is 0. The Hall–Kier alpha value is -3.87. The SMILES string of the molecule is Cc1ccc2oc(N3CCN(C(=O)CO[C@H]4CC[C@H](Nc5ccc([N+](=O)[O-])c(C(F)(F)F)c5)CC4)CC3)nc2c1. The topological polar surface area (TPSA) is 114 Å². The normalized spacial score (nSPS) is 20.1. The van der Waals surface area contributed by atoms with E-state index in [4.69, 9.17) is 9.15 Å². The number of fused-ring (bicyclic) bond motifs is 1. The molecule has 2 aromatic carbocycles. The number of anilines is 2. The third-order valence-electron chi connectivity index (χ3n) is 7.42. The van der Waals surface area contributed by atoms with Crippen molar-refractivity contribution in [3.63, 3.8) is 0 Å². The van der Waals surface area contributed by atoms with E-state index in [9.17, 15) is 28.1 Å². The number of nitrogens with zero attached hydrogens (tertiary/aromatic N) is 4. The number of nitrogens with one attached hydrogen (secondary N) is 1. The van der Waals surface area contributed by atoms with E-state index in [1.807, 2.05) is 30.0 Å². The first-order valence-electron chi connectivity index (χ1n) is 13.2. The molecule has 1 N–H and O–H groups in total. The number of alkyl halides is 3. The summed E-state index contributed by atoms with van der Waals surface area (Å²) in [4.78, 5) is 31.0. The summed E-state index contributed by atoms with van der Waals surface area (Å²) in [5.74, 6) is -0.0846. The molecule has 0 atom stereocenters. The summed E-state index contributed by atoms with van der Waals surface area (Å²) in [7, 11) is 0. The smallest absolute Gasteiger partial charge is 0.423 e. The molecular formula is C27H30F3N5O5. The van der Waals surface area contributed by atoms with Gasteiger partial charge in [0, 0.05) is 44.0 Å². The van der Waals surface area contributed by atoms with Crippen LogP contribution in [-0.4, -0.2) is 65.6 Å². The predicted molar refractivity (Wildman–Crippen MR) is 141 cm³/mol. The highest BCUT2D eigenvalue weighted by Crippen LogP contribution is 2.38. The second-order valence-electron chi connectivity index (χ2n) is 10.3. The summed E-state index contributed by atoms with van der Waals surface area (Å²) in [6, 6.07) is 9.26. The van der Waals surface area contributed by atoms with Crippen molar-refractivity contribution in [1.82, 2.24) is 9.88 Å². The van der Waals surface area contributed by atoms with Crippen LogP contribution in [0.25, 0.3) is 11.1 Å². The number of hydrogen-bond donors (Lipinski definition) is 1. The molecule has 0 spiro atoms. The molecule has 1 aliphatic carbocycles. The summed E-state index contributed by atoms with van der Waals surface area (Å²) in [6.07, 6.45) is -2.37. The highest BCUT2D eigenvalue weighted by Gasteiger charge is 2.38. The minimum Gasteiger partial charge on any atom is -0.423 e. The van der Waals surface area contributed by atoms with Crippen LogP contribution in [0, 0.1) is 17.0 Å². The Morgan fingerprint density at radius 1 is 1.12 bits per heavy atom. The van der Waals surface area contributed by atoms with Crippen LogP contribution in [0.15, 0.2) is 40.8 Å². The van der Waals surface area contributed by atoms with Gasteiger partial charge in [0.2, 0.25) is 5.91 Å². The molecule has 0 unspecified atom stereocenters. The summed E-state index contributed by atoms with van der Waals surface area (Å²) in [5.41, 5.74) is 0.591. The van der Waals surface area contributed by atoms with Crippen LogP contribution in [0.1, 0.15) is 36.8 Å². The number of oxazole rings is 1. The number of nitro benzene ring substituents is 1. The molecule has 0 bridgehead atoms. The Labute approximate surface area is 228 Å². The summed E-state index contributed by atoms with van der Waals surface area (Å²) in [6.45, 7) is 4.25. The Bertz CT molecular complexity index is 1380. The van der Waals surface area contributed by atoms with Crippen molar-refractivity contribution in [2.24, 2.45) is 0 Å². The maximum Gasteiger partial charge on any atom is 0.423 e. The Morgan fingerprint density at radius 2 is 1.85 bits per heavy atom. The zero-order valence-electron chi connectivity index (χ0n) is 21.9. The molecule has 3 aromatic rings. The Balaban J connectivity index is 1.05. The molecule has 2 fully saturated rings. The second-order valence-corrected chi connectivity index (χ2v) is 10.3. The zero-order chi connectivity index (χ0) is 28.4. The molecule has 10 nitrogen and oxygen atoms in total. The minimum absolute atomic E-state index is 0.0256. The van der Waals surface area contributed by atoms with Gasteiger partial charge in [-0.3, -0.25) is 14.9 Å². The van der Waals surface area contributed by atoms with E-state index in [0.717, 1.165) is 28.8 Å². The van der Waals surface area contributed by atoms with Crippen molar-refractivity contribution in [1.29, 1.82) is 0 Å². The number of piperazine rings is 1. The van der Waals surface area contributed by atoms with E-state index in [1.54, 1.807) is 4.90 Å². The lowest BCUT2D eigenvalue weighted by Gasteiger charge is -2.34. The summed E-state index contributed by atoms with van der Waals surface area (Å²) in [5, 5.41) is 14.0. The highest BCUT2D eigenvalue weighted by atomic mass is 19.4. The third kappa shape index (κ3) is 6.30. The number of hydrogen-bond acceptors (Lipinski definition) is 8. The van der Waals surface area contributed by atoms with Gasteiger partial charge in [0.1, 0.15) is 17.7 Å². The lowest BCUT2D eigenvalue weighted by Crippen LogP contribution is -2.50. The molecule has 0 radical (unpaired) electrons. The number of halogens is 3. The number of carbonyl (C=O) groups excluding carboxylic acids is 1. The number of nitro groups is 1. The minimum atomic E-state index is -4.83. The second kappa shape index (κ2) is 11.3. The molecule has 1 aromatic heterocycles. The lowest BCUT2D eigenvalue weighted by molar-refractivity contribution is -0.388. The first-order chi connectivity index (χ1) is 19.1. The van der Waals surface area contributed by atoms with Gasteiger partial charge in [0.05, 0.1) is 11.0 Å². The van der Waals surface area contributed by atoms with E-state index in [2.05, 4.69) is 10.3 Å². The fourth-order valence-corrected chi connectivity index (χ4v) is 5.21. The molecule has 2 heterocycles. The molecule has 1 saturated carbocycles. The Morgan fingerprint density at radius 3 is 2.52 bits per heavy atom. The van der Waals surface area contributed by atoms with Crippen molar-refractivity contribution in [3.8, 4) is 0 Å². The van der Waals surface area contributed by atoms with Gasteiger partial charge in [-0.2, -0.15) is 18.2 Å². The van der Waals surface area contributed by atoms with Gasteiger partial charge >= 0.3 is 6.18 Å². The number of aromatic nitrogens is 1. The van der Waals surface area contributed by atoms with E-state index >= 15 is 0 Å². The van der Waals surface area contributed by atoms with Crippen LogP contribution in [0.4, 0.5) is 30.6 Å². The Kier molecular flexibility index (Phi) is 7.83. The predicted octanol–water partition coefficient (Wildman–Crippen LogP) is 5.15.